The van der Waals surface area contributed by atoms with Crippen molar-refractivity contribution >= 4 is 17.3 Å². The Morgan fingerprint density at radius 3 is 2.76 bits per heavy atom. The van der Waals surface area contributed by atoms with E-state index in [2.05, 4.69) is 42.3 Å². The Balaban J connectivity index is 2.31. The van der Waals surface area contributed by atoms with Crippen molar-refractivity contribution in [3.05, 3.63) is 28.8 Å². The Morgan fingerprint density at radius 2 is 2.06 bits per heavy atom. The maximum atomic E-state index is 6.23. The molecule has 1 aliphatic heterocycles. The number of benzene rings is 1. The maximum absolute atomic E-state index is 6.23. The summed E-state index contributed by atoms with van der Waals surface area (Å²) in [6.07, 6.45) is 1.18. The summed E-state index contributed by atoms with van der Waals surface area (Å²) in [7, 11) is 0. The first-order valence-electron chi connectivity index (χ1n) is 6.35. The third-order valence-electron chi connectivity index (χ3n) is 3.58. The van der Waals surface area contributed by atoms with E-state index in [1.54, 1.807) is 0 Å². The number of hydrogen-bond acceptors (Lipinski definition) is 2. The average Bonchev–Trinajstić information content (AvgIpc) is 2.45. The van der Waals surface area contributed by atoms with Crippen LogP contribution in [0, 0.1) is 6.92 Å². The van der Waals surface area contributed by atoms with Gasteiger partial charge in [0.2, 0.25) is 0 Å². The number of hydrogen-bond donors (Lipinski definition) is 1. The van der Waals surface area contributed by atoms with Crippen LogP contribution in [0.2, 0.25) is 5.02 Å². The van der Waals surface area contributed by atoms with Crippen LogP contribution >= 0.6 is 11.6 Å². The largest absolute Gasteiger partial charge is 0.365 e. The fourth-order valence-electron chi connectivity index (χ4n) is 2.55. The van der Waals surface area contributed by atoms with Gasteiger partial charge in [0.05, 0.1) is 0 Å². The highest BCUT2D eigenvalue weighted by Gasteiger charge is 2.23. The Labute approximate surface area is 109 Å². The molecule has 3 heteroatoms. The van der Waals surface area contributed by atoms with Crippen LogP contribution in [0.15, 0.2) is 18.2 Å². The van der Waals surface area contributed by atoms with Gasteiger partial charge in [-0.05, 0) is 51.4 Å². The topological polar surface area (TPSA) is 15.3 Å². The second kappa shape index (κ2) is 5.28. The van der Waals surface area contributed by atoms with E-state index in [4.69, 9.17) is 11.6 Å². The molecule has 1 aromatic carbocycles. The Hall–Kier alpha value is -0.730. The molecule has 2 rings (SSSR count). The van der Waals surface area contributed by atoms with Crippen molar-refractivity contribution in [3.63, 3.8) is 0 Å². The maximum Gasteiger partial charge on any atom is 0.0455 e. The van der Waals surface area contributed by atoms with Gasteiger partial charge >= 0.3 is 0 Å². The lowest BCUT2D eigenvalue weighted by molar-refractivity contribution is 0.575. The van der Waals surface area contributed by atoms with Crippen LogP contribution in [0.4, 0.5) is 5.69 Å². The predicted octanol–water partition coefficient (Wildman–Crippen LogP) is 3.23. The van der Waals surface area contributed by atoms with Gasteiger partial charge in [0.15, 0.2) is 0 Å². The van der Waals surface area contributed by atoms with Gasteiger partial charge in [-0.1, -0.05) is 17.7 Å². The molecule has 2 unspecified atom stereocenters. The SMILES string of the molecule is Cc1ccc(N2C(C)CCNCC2C)cc1Cl. The van der Waals surface area contributed by atoms with E-state index in [9.17, 15) is 0 Å². The van der Waals surface area contributed by atoms with Gasteiger partial charge in [-0.3, -0.25) is 0 Å². The molecule has 2 nitrogen and oxygen atoms in total. The minimum Gasteiger partial charge on any atom is -0.365 e. The van der Waals surface area contributed by atoms with Crippen LogP contribution in [0.5, 0.6) is 0 Å². The van der Waals surface area contributed by atoms with Crippen LogP contribution in [-0.2, 0) is 0 Å². The molecule has 2 atom stereocenters. The summed E-state index contributed by atoms with van der Waals surface area (Å²) in [5.41, 5.74) is 2.38. The third kappa shape index (κ3) is 2.75. The summed E-state index contributed by atoms with van der Waals surface area (Å²) in [4.78, 5) is 2.48. The van der Waals surface area contributed by atoms with Crippen LogP contribution in [0.25, 0.3) is 0 Å². The molecule has 0 amide bonds. The normalized spacial score (nSPS) is 25.8. The van der Waals surface area contributed by atoms with Gasteiger partial charge in [-0.25, -0.2) is 0 Å². The molecule has 17 heavy (non-hydrogen) atoms. The molecule has 1 fully saturated rings. The smallest absolute Gasteiger partial charge is 0.0455 e. The Kier molecular flexibility index (Phi) is 3.95. The van der Waals surface area contributed by atoms with Crippen LogP contribution in [0.3, 0.4) is 0 Å². The van der Waals surface area contributed by atoms with Crippen molar-refractivity contribution < 1.29 is 0 Å². The molecule has 94 valence electrons. The number of nitrogens with zero attached hydrogens (tertiary/aromatic N) is 1. The van der Waals surface area contributed by atoms with Crippen LogP contribution in [-0.4, -0.2) is 25.2 Å². The second-order valence-corrected chi connectivity index (χ2v) is 5.44. The first-order chi connectivity index (χ1) is 8.09. The highest BCUT2D eigenvalue weighted by Crippen LogP contribution is 2.27. The number of aryl methyl sites for hydroxylation is 1. The lowest BCUT2D eigenvalue weighted by Gasteiger charge is -2.34. The summed E-state index contributed by atoms with van der Waals surface area (Å²) >= 11 is 6.23. The fourth-order valence-corrected chi connectivity index (χ4v) is 2.72. The van der Waals surface area contributed by atoms with Crippen LogP contribution < -0.4 is 10.2 Å². The van der Waals surface area contributed by atoms with E-state index in [1.807, 2.05) is 6.92 Å². The van der Waals surface area contributed by atoms with Crippen molar-refractivity contribution in [3.8, 4) is 0 Å². The molecule has 1 aliphatic rings. The van der Waals surface area contributed by atoms with E-state index in [-0.39, 0.29) is 0 Å². The fraction of sp³-hybridized carbons (Fsp3) is 0.571. The molecule has 0 bridgehead atoms. The molecule has 1 N–H and O–H groups in total. The number of rotatable bonds is 1. The molecule has 1 heterocycles. The summed E-state index contributed by atoms with van der Waals surface area (Å²) in [5.74, 6) is 0. The first kappa shape index (κ1) is 12.7. The second-order valence-electron chi connectivity index (χ2n) is 5.03. The highest BCUT2D eigenvalue weighted by atomic mass is 35.5. The van der Waals surface area contributed by atoms with Gasteiger partial charge in [0, 0.05) is 29.3 Å². The molecular formula is C14H21ClN2. The van der Waals surface area contributed by atoms with Gasteiger partial charge in [-0.15, -0.1) is 0 Å². The van der Waals surface area contributed by atoms with Gasteiger partial charge < -0.3 is 10.2 Å². The Morgan fingerprint density at radius 1 is 1.29 bits per heavy atom. The van der Waals surface area contributed by atoms with Crippen LogP contribution in [0.1, 0.15) is 25.8 Å². The minimum atomic E-state index is 0.506. The summed E-state index contributed by atoms with van der Waals surface area (Å²) < 4.78 is 0. The molecule has 1 saturated heterocycles. The summed E-state index contributed by atoms with van der Waals surface area (Å²) in [6.45, 7) is 8.74. The van der Waals surface area contributed by atoms with Crippen molar-refractivity contribution in [2.24, 2.45) is 0 Å². The zero-order valence-electron chi connectivity index (χ0n) is 10.8. The zero-order chi connectivity index (χ0) is 12.4. The Bertz CT molecular complexity index is 380. The first-order valence-corrected chi connectivity index (χ1v) is 6.72. The van der Waals surface area contributed by atoms with Crippen molar-refractivity contribution in [2.75, 3.05) is 18.0 Å². The third-order valence-corrected chi connectivity index (χ3v) is 3.99. The van der Waals surface area contributed by atoms with E-state index in [1.165, 1.54) is 12.1 Å². The molecule has 0 saturated carbocycles. The zero-order valence-corrected chi connectivity index (χ0v) is 11.6. The molecule has 1 aromatic rings. The standard InChI is InChI=1S/C14H21ClN2/c1-10-4-5-13(8-14(10)15)17-11(2)6-7-16-9-12(17)3/h4-5,8,11-12,16H,6-7,9H2,1-3H3. The molecular weight excluding hydrogens is 232 g/mol. The van der Waals surface area contributed by atoms with Gasteiger partial charge in [0.25, 0.3) is 0 Å². The van der Waals surface area contributed by atoms with Gasteiger partial charge in [-0.2, -0.15) is 0 Å². The van der Waals surface area contributed by atoms with E-state index < -0.39 is 0 Å². The molecule has 0 radical (unpaired) electrons. The molecule has 0 spiro atoms. The van der Waals surface area contributed by atoms with E-state index >= 15 is 0 Å². The summed E-state index contributed by atoms with van der Waals surface area (Å²) in [5, 5.41) is 4.34. The quantitative estimate of drug-likeness (QED) is 0.826. The lowest BCUT2D eigenvalue weighted by Crippen LogP contribution is -2.41. The van der Waals surface area contributed by atoms with E-state index in [0.29, 0.717) is 12.1 Å². The molecule has 0 aliphatic carbocycles. The van der Waals surface area contributed by atoms with Gasteiger partial charge in [0.1, 0.15) is 0 Å². The monoisotopic (exact) mass is 252 g/mol. The number of halogens is 1. The predicted molar refractivity (Wildman–Crippen MR) is 75.1 cm³/mol. The average molecular weight is 253 g/mol. The van der Waals surface area contributed by atoms with Crippen molar-refractivity contribution in [1.82, 2.24) is 5.32 Å². The minimum absolute atomic E-state index is 0.506. The molecule has 0 aromatic heterocycles. The summed E-state index contributed by atoms with van der Waals surface area (Å²) in [6, 6.07) is 7.44. The lowest BCUT2D eigenvalue weighted by atomic mass is 10.1. The van der Waals surface area contributed by atoms with Crippen molar-refractivity contribution in [2.45, 2.75) is 39.3 Å². The number of anilines is 1. The highest BCUT2D eigenvalue weighted by molar-refractivity contribution is 6.31. The number of nitrogens with one attached hydrogen (secondary N) is 1. The van der Waals surface area contributed by atoms with Crippen molar-refractivity contribution in [1.29, 1.82) is 0 Å². The van der Waals surface area contributed by atoms with E-state index in [0.717, 1.165) is 23.7 Å².